The first kappa shape index (κ1) is 10.3. The Labute approximate surface area is 95.1 Å². The van der Waals surface area contributed by atoms with Crippen LogP contribution in [0.2, 0.25) is 0 Å². The number of anilines is 1. The molecule has 0 unspecified atom stereocenters. The molecule has 1 heterocycles. The fourth-order valence-electron chi connectivity index (χ4n) is 1.49. The molecule has 2 rings (SSSR count). The molecule has 3 nitrogen and oxygen atoms in total. The van der Waals surface area contributed by atoms with Crippen molar-refractivity contribution in [1.29, 1.82) is 0 Å². The highest BCUT2D eigenvalue weighted by Crippen LogP contribution is 2.11. The van der Waals surface area contributed by atoms with Gasteiger partial charge in [0, 0.05) is 36.6 Å². The van der Waals surface area contributed by atoms with Crippen molar-refractivity contribution in [2.45, 2.75) is 6.54 Å². The first-order chi connectivity index (χ1) is 7.78. The van der Waals surface area contributed by atoms with Crippen molar-refractivity contribution < 1.29 is 0 Å². The molecule has 1 N–H and O–H groups in total. The van der Waals surface area contributed by atoms with E-state index >= 15 is 0 Å². The molecule has 0 radical (unpaired) electrons. The average molecular weight is 211 g/mol. The summed E-state index contributed by atoms with van der Waals surface area (Å²) in [6.07, 6.45) is 9.17. The molecule has 0 atom stereocenters. The van der Waals surface area contributed by atoms with Crippen LogP contribution in [0.3, 0.4) is 0 Å². The second kappa shape index (κ2) is 4.54. The third-order valence-electron chi connectivity index (χ3n) is 2.28. The Balaban J connectivity index is 2.02. The number of hydrogen-bond acceptors (Lipinski definition) is 2. The van der Waals surface area contributed by atoms with Crippen molar-refractivity contribution in [3.63, 3.8) is 0 Å². The zero-order valence-electron chi connectivity index (χ0n) is 9.14. The molecule has 2 aromatic rings. The fourth-order valence-corrected chi connectivity index (χ4v) is 1.49. The highest BCUT2D eigenvalue weighted by Gasteiger charge is 1.96. The second-order valence-corrected chi connectivity index (χ2v) is 3.60. The van der Waals surface area contributed by atoms with Crippen molar-refractivity contribution in [2.75, 3.05) is 5.32 Å². The van der Waals surface area contributed by atoms with Gasteiger partial charge in [0.05, 0.1) is 6.20 Å². The van der Waals surface area contributed by atoms with Crippen molar-refractivity contribution in [3.8, 4) is 12.3 Å². The van der Waals surface area contributed by atoms with Gasteiger partial charge in [-0.1, -0.05) is 12.0 Å². The van der Waals surface area contributed by atoms with Crippen molar-refractivity contribution >= 4 is 5.69 Å². The van der Waals surface area contributed by atoms with E-state index in [9.17, 15) is 0 Å². The molecule has 1 aromatic carbocycles. The highest BCUT2D eigenvalue weighted by atomic mass is 15.2. The summed E-state index contributed by atoms with van der Waals surface area (Å²) in [6.45, 7) is 0.752. The van der Waals surface area contributed by atoms with Gasteiger partial charge in [0.1, 0.15) is 0 Å². The lowest BCUT2D eigenvalue weighted by Crippen LogP contribution is -1.98. The van der Waals surface area contributed by atoms with E-state index in [4.69, 9.17) is 6.42 Å². The van der Waals surface area contributed by atoms with Crippen LogP contribution < -0.4 is 5.32 Å². The number of aromatic nitrogens is 2. The molecule has 80 valence electrons. The maximum atomic E-state index is 5.34. The van der Waals surface area contributed by atoms with Crippen LogP contribution in [0.15, 0.2) is 36.7 Å². The first-order valence-electron chi connectivity index (χ1n) is 5.06. The molecule has 0 amide bonds. The molecule has 0 saturated carbocycles. The molecule has 0 aliphatic carbocycles. The Morgan fingerprint density at radius 1 is 1.50 bits per heavy atom. The summed E-state index contributed by atoms with van der Waals surface area (Å²) in [6, 6.07) is 7.81. The van der Waals surface area contributed by atoms with Crippen LogP contribution in [0, 0.1) is 12.3 Å². The highest BCUT2D eigenvalue weighted by molar-refractivity contribution is 5.50. The van der Waals surface area contributed by atoms with Crippen LogP contribution in [0.4, 0.5) is 5.69 Å². The van der Waals surface area contributed by atoms with Crippen LogP contribution in [-0.2, 0) is 13.6 Å². The third-order valence-corrected chi connectivity index (χ3v) is 2.28. The van der Waals surface area contributed by atoms with E-state index in [-0.39, 0.29) is 0 Å². The van der Waals surface area contributed by atoms with Gasteiger partial charge < -0.3 is 5.32 Å². The Bertz CT molecular complexity index is 520. The topological polar surface area (TPSA) is 29.9 Å². The Kier molecular flexibility index (Phi) is 2.93. The maximum Gasteiger partial charge on any atom is 0.0539 e. The van der Waals surface area contributed by atoms with Crippen LogP contribution >= 0.6 is 0 Å². The molecule has 1 aromatic heterocycles. The largest absolute Gasteiger partial charge is 0.381 e. The second-order valence-electron chi connectivity index (χ2n) is 3.60. The normalized spacial score (nSPS) is 9.75. The third kappa shape index (κ3) is 2.43. The van der Waals surface area contributed by atoms with Gasteiger partial charge in [0.15, 0.2) is 0 Å². The minimum absolute atomic E-state index is 0.752. The minimum atomic E-state index is 0.752. The van der Waals surface area contributed by atoms with Crippen LogP contribution in [0.25, 0.3) is 0 Å². The van der Waals surface area contributed by atoms with Gasteiger partial charge in [-0.05, 0) is 18.2 Å². The lowest BCUT2D eigenvalue weighted by Gasteiger charge is -2.04. The fraction of sp³-hybridized carbons (Fsp3) is 0.154. The minimum Gasteiger partial charge on any atom is -0.381 e. The Morgan fingerprint density at radius 3 is 3.06 bits per heavy atom. The Hall–Kier alpha value is -2.21. The van der Waals surface area contributed by atoms with Gasteiger partial charge in [0.25, 0.3) is 0 Å². The van der Waals surface area contributed by atoms with E-state index < -0.39 is 0 Å². The number of terminal acetylenes is 1. The molecule has 16 heavy (non-hydrogen) atoms. The van der Waals surface area contributed by atoms with Crippen molar-refractivity contribution in [2.24, 2.45) is 7.05 Å². The van der Waals surface area contributed by atoms with Gasteiger partial charge in [-0.25, -0.2) is 0 Å². The molecule has 3 heteroatoms. The van der Waals surface area contributed by atoms with Gasteiger partial charge in [-0.15, -0.1) is 6.42 Å². The lowest BCUT2D eigenvalue weighted by atomic mass is 10.2. The summed E-state index contributed by atoms with van der Waals surface area (Å²) < 4.78 is 1.79. The molecule has 0 aliphatic heterocycles. The summed E-state index contributed by atoms with van der Waals surface area (Å²) in [5, 5.41) is 7.41. The van der Waals surface area contributed by atoms with Gasteiger partial charge >= 0.3 is 0 Å². The molecule has 0 fully saturated rings. The predicted molar refractivity (Wildman–Crippen MR) is 64.9 cm³/mol. The van der Waals surface area contributed by atoms with Crippen molar-refractivity contribution in [1.82, 2.24) is 9.78 Å². The number of rotatable bonds is 3. The Morgan fingerprint density at radius 2 is 2.38 bits per heavy atom. The molecular weight excluding hydrogens is 198 g/mol. The lowest BCUT2D eigenvalue weighted by molar-refractivity contribution is 0.767. The van der Waals surface area contributed by atoms with Crippen molar-refractivity contribution in [3.05, 3.63) is 47.8 Å². The molecule has 0 spiro atoms. The van der Waals surface area contributed by atoms with E-state index in [0.29, 0.717) is 0 Å². The summed E-state index contributed by atoms with van der Waals surface area (Å²) in [7, 11) is 1.91. The average Bonchev–Trinajstić information content (AvgIpc) is 2.73. The van der Waals surface area contributed by atoms with E-state index in [1.165, 1.54) is 0 Å². The molecular formula is C13H13N3. The monoisotopic (exact) mass is 211 g/mol. The number of nitrogens with one attached hydrogen (secondary N) is 1. The zero-order chi connectivity index (χ0) is 11.4. The number of hydrogen-bond donors (Lipinski definition) is 1. The zero-order valence-corrected chi connectivity index (χ0v) is 9.14. The summed E-state index contributed by atoms with van der Waals surface area (Å²) in [5.41, 5.74) is 3.06. The first-order valence-corrected chi connectivity index (χ1v) is 5.06. The van der Waals surface area contributed by atoms with Crippen LogP contribution in [0.1, 0.15) is 11.1 Å². The van der Waals surface area contributed by atoms with E-state index in [2.05, 4.69) is 16.3 Å². The number of benzene rings is 1. The number of nitrogens with zero attached hydrogens (tertiary/aromatic N) is 2. The van der Waals surface area contributed by atoms with Gasteiger partial charge in [-0.2, -0.15) is 5.10 Å². The molecule has 0 aliphatic rings. The van der Waals surface area contributed by atoms with Crippen LogP contribution in [0.5, 0.6) is 0 Å². The smallest absolute Gasteiger partial charge is 0.0539 e. The maximum absolute atomic E-state index is 5.34. The SMILES string of the molecule is C#Cc1cccc(NCc2cnn(C)c2)c1. The summed E-state index contributed by atoms with van der Waals surface area (Å²) in [5.74, 6) is 2.61. The quantitative estimate of drug-likeness (QED) is 0.787. The standard InChI is InChI=1S/C13H13N3/c1-3-11-5-4-6-13(7-11)14-8-12-9-15-16(2)10-12/h1,4-7,9-10,14H,8H2,2H3. The summed E-state index contributed by atoms with van der Waals surface area (Å²) >= 11 is 0. The molecule has 0 bridgehead atoms. The molecule has 0 saturated heterocycles. The number of aryl methyl sites for hydroxylation is 1. The summed E-state index contributed by atoms with van der Waals surface area (Å²) in [4.78, 5) is 0. The van der Waals surface area contributed by atoms with E-state index in [0.717, 1.165) is 23.4 Å². The van der Waals surface area contributed by atoms with Gasteiger partial charge in [-0.3, -0.25) is 4.68 Å². The van der Waals surface area contributed by atoms with E-state index in [1.54, 1.807) is 4.68 Å². The predicted octanol–water partition coefficient (Wildman–Crippen LogP) is 2.01. The van der Waals surface area contributed by atoms with E-state index in [1.807, 2.05) is 43.7 Å². The van der Waals surface area contributed by atoms with Gasteiger partial charge in [0.2, 0.25) is 0 Å². The van der Waals surface area contributed by atoms with Crippen LogP contribution in [-0.4, -0.2) is 9.78 Å².